The molecule has 1 heterocycles. The first kappa shape index (κ1) is 20.1. The highest BCUT2D eigenvalue weighted by atomic mass is 16.6. The molecule has 0 saturated heterocycles. The van der Waals surface area contributed by atoms with E-state index in [1.54, 1.807) is 36.4 Å². The number of carbonyl (C=O) groups is 2. The Morgan fingerprint density at radius 2 is 1.68 bits per heavy atom. The van der Waals surface area contributed by atoms with E-state index in [0.29, 0.717) is 16.8 Å². The second-order valence-corrected chi connectivity index (χ2v) is 7.10. The Labute approximate surface area is 178 Å². The lowest BCUT2D eigenvalue weighted by atomic mass is 10.0. The van der Waals surface area contributed by atoms with Crippen LogP contribution in [-0.4, -0.2) is 22.8 Å². The van der Waals surface area contributed by atoms with Gasteiger partial charge in [-0.05, 0) is 29.3 Å². The number of nitrogens with zero attached hydrogens (tertiary/aromatic N) is 1. The Hall–Kier alpha value is -4.20. The summed E-state index contributed by atoms with van der Waals surface area (Å²) in [6.45, 7) is 0.168. The number of rotatable bonds is 6. The number of fused-ring (bicyclic) bond motifs is 1. The maximum Gasteiger partial charge on any atom is 0.310 e. The zero-order chi connectivity index (χ0) is 21.8. The number of carbonyl (C=O) groups excluding carboxylic acids is 2. The van der Waals surface area contributed by atoms with Crippen LogP contribution < -0.4 is 15.4 Å². The molecule has 0 aromatic heterocycles. The molecule has 8 heteroatoms. The van der Waals surface area contributed by atoms with Crippen molar-refractivity contribution >= 4 is 23.2 Å². The molecule has 2 amide bonds. The first-order valence-electron chi connectivity index (χ1n) is 9.66. The molecule has 2 N–H and O–H groups in total. The molecule has 0 radical (unpaired) electrons. The number of hydrogen-bond acceptors (Lipinski definition) is 5. The zero-order valence-corrected chi connectivity index (χ0v) is 16.4. The fraction of sp³-hybridized carbons (Fsp3) is 0.130. The summed E-state index contributed by atoms with van der Waals surface area (Å²) in [4.78, 5) is 36.0. The second-order valence-electron chi connectivity index (χ2n) is 7.10. The first-order chi connectivity index (χ1) is 15.0. The summed E-state index contributed by atoms with van der Waals surface area (Å²) in [7, 11) is 0. The van der Waals surface area contributed by atoms with Crippen molar-refractivity contribution in [1.29, 1.82) is 0 Å². The van der Waals surface area contributed by atoms with Gasteiger partial charge in [0.15, 0.2) is 5.75 Å². The molecular weight excluding hydrogens is 398 g/mol. The van der Waals surface area contributed by atoms with Gasteiger partial charge in [0.05, 0.1) is 16.2 Å². The quantitative estimate of drug-likeness (QED) is 0.471. The van der Waals surface area contributed by atoms with Gasteiger partial charge in [0, 0.05) is 12.5 Å². The van der Waals surface area contributed by atoms with Crippen LogP contribution in [-0.2, 0) is 17.8 Å². The smallest absolute Gasteiger partial charge is 0.310 e. The van der Waals surface area contributed by atoms with Gasteiger partial charge in [-0.1, -0.05) is 48.5 Å². The number of ether oxygens (including phenoxy) is 1. The van der Waals surface area contributed by atoms with Gasteiger partial charge in [-0.25, -0.2) is 0 Å². The second kappa shape index (κ2) is 8.66. The largest absolute Gasteiger partial charge is 0.482 e. The van der Waals surface area contributed by atoms with Crippen molar-refractivity contribution in [1.82, 2.24) is 5.32 Å². The summed E-state index contributed by atoms with van der Waals surface area (Å²) in [5.74, 6) is -0.611. The molecule has 0 fully saturated rings. The number of amides is 2. The van der Waals surface area contributed by atoms with E-state index in [1.165, 1.54) is 6.07 Å². The van der Waals surface area contributed by atoms with Crippen molar-refractivity contribution in [3.05, 3.63) is 99.6 Å². The topological polar surface area (TPSA) is 111 Å². The van der Waals surface area contributed by atoms with Crippen LogP contribution in [0, 0.1) is 10.1 Å². The number of hydrogen-bond donors (Lipinski definition) is 2. The van der Waals surface area contributed by atoms with Crippen LogP contribution in [0.5, 0.6) is 5.75 Å². The minimum atomic E-state index is -0.830. The van der Waals surface area contributed by atoms with Crippen molar-refractivity contribution in [2.45, 2.75) is 19.1 Å². The minimum Gasteiger partial charge on any atom is -0.482 e. The summed E-state index contributed by atoms with van der Waals surface area (Å²) in [5, 5.41) is 16.9. The monoisotopic (exact) mass is 417 g/mol. The highest BCUT2D eigenvalue weighted by molar-refractivity contribution is 6.09. The molecule has 0 spiro atoms. The van der Waals surface area contributed by atoms with Crippen molar-refractivity contribution in [2.75, 3.05) is 5.32 Å². The average molecular weight is 417 g/mol. The molecule has 3 aromatic rings. The van der Waals surface area contributed by atoms with Crippen molar-refractivity contribution in [3.63, 3.8) is 0 Å². The van der Waals surface area contributed by atoms with Crippen molar-refractivity contribution in [2.24, 2.45) is 0 Å². The van der Waals surface area contributed by atoms with E-state index in [1.807, 2.05) is 30.3 Å². The molecule has 1 aliphatic rings. The number of benzene rings is 3. The SMILES string of the molecule is O=C1NC(Cc2ccc([N+](=O)[O-])c(OCc3ccccc3)c2)C(=O)Nc2ccccc21. The lowest BCUT2D eigenvalue weighted by molar-refractivity contribution is -0.386. The van der Waals surface area contributed by atoms with Crippen LogP contribution in [0.25, 0.3) is 0 Å². The van der Waals surface area contributed by atoms with E-state index in [4.69, 9.17) is 4.74 Å². The van der Waals surface area contributed by atoms with E-state index >= 15 is 0 Å². The number of para-hydroxylation sites is 1. The van der Waals surface area contributed by atoms with Gasteiger partial charge in [0.25, 0.3) is 5.91 Å². The molecule has 3 aromatic carbocycles. The molecule has 8 nitrogen and oxygen atoms in total. The third kappa shape index (κ3) is 4.53. The lowest BCUT2D eigenvalue weighted by Crippen LogP contribution is -2.42. The molecule has 0 saturated carbocycles. The third-order valence-corrected chi connectivity index (χ3v) is 4.95. The minimum absolute atomic E-state index is 0.106. The van der Waals surface area contributed by atoms with E-state index in [9.17, 15) is 19.7 Å². The molecule has 156 valence electrons. The predicted octanol–water partition coefficient (Wildman–Crippen LogP) is 3.47. The maximum absolute atomic E-state index is 12.6. The molecule has 0 aliphatic carbocycles. The number of nitrogens with one attached hydrogen (secondary N) is 2. The molecule has 1 unspecified atom stereocenters. The lowest BCUT2D eigenvalue weighted by Gasteiger charge is -2.15. The van der Waals surface area contributed by atoms with Crippen LogP contribution in [0.15, 0.2) is 72.8 Å². The van der Waals surface area contributed by atoms with E-state index in [0.717, 1.165) is 5.56 Å². The van der Waals surface area contributed by atoms with Gasteiger partial charge in [-0.3, -0.25) is 19.7 Å². The fourth-order valence-corrected chi connectivity index (χ4v) is 3.38. The van der Waals surface area contributed by atoms with Crippen molar-refractivity contribution in [3.8, 4) is 5.75 Å². The molecular formula is C23H19N3O5. The third-order valence-electron chi connectivity index (χ3n) is 4.95. The van der Waals surface area contributed by atoms with Gasteiger partial charge in [-0.2, -0.15) is 0 Å². The summed E-state index contributed by atoms with van der Waals surface area (Å²) < 4.78 is 5.71. The highest BCUT2D eigenvalue weighted by Gasteiger charge is 2.28. The standard InChI is InChI=1S/C23H19N3O5/c27-22-17-8-4-5-9-18(17)24-23(28)19(25-22)12-16-10-11-20(26(29)30)21(13-16)31-14-15-6-2-1-3-7-15/h1-11,13,19H,12,14H2,(H,24,28)(H,25,27). The van der Waals surface area contributed by atoms with Gasteiger partial charge in [0.2, 0.25) is 5.91 Å². The van der Waals surface area contributed by atoms with Gasteiger partial charge >= 0.3 is 5.69 Å². The highest BCUT2D eigenvalue weighted by Crippen LogP contribution is 2.30. The number of anilines is 1. The Bertz CT molecular complexity index is 1150. The molecule has 31 heavy (non-hydrogen) atoms. The Morgan fingerprint density at radius 3 is 2.45 bits per heavy atom. The Kier molecular flexibility index (Phi) is 5.61. The maximum atomic E-state index is 12.6. The van der Waals surface area contributed by atoms with Crippen LogP contribution in [0.2, 0.25) is 0 Å². The molecule has 1 atom stereocenters. The molecule has 1 aliphatic heterocycles. The summed E-state index contributed by atoms with van der Waals surface area (Å²) in [6, 6.07) is 19.7. The zero-order valence-electron chi connectivity index (χ0n) is 16.4. The van der Waals surface area contributed by atoms with Gasteiger partial charge < -0.3 is 15.4 Å². The summed E-state index contributed by atoms with van der Waals surface area (Å²) in [6.07, 6.45) is 0.158. The van der Waals surface area contributed by atoms with Gasteiger partial charge in [-0.15, -0.1) is 0 Å². The Balaban J connectivity index is 1.55. The molecule has 0 bridgehead atoms. The van der Waals surface area contributed by atoms with Crippen LogP contribution >= 0.6 is 0 Å². The normalized spacial score (nSPS) is 15.3. The van der Waals surface area contributed by atoms with E-state index in [-0.39, 0.29) is 36.3 Å². The van der Waals surface area contributed by atoms with Crippen molar-refractivity contribution < 1.29 is 19.2 Å². The molecule has 4 rings (SSSR count). The average Bonchev–Trinajstić information content (AvgIpc) is 2.89. The summed E-state index contributed by atoms with van der Waals surface area (Å²) in [5.41, 5.74) is 2.16. The fourth-order valence-electron chi connectivity index (χ4n) is 3.38. The van der Waals surface area contributed by atoms with Crippen LogP contribution in [0.4, 0.5) is 11.4 Å². The number of nitro groups is 1. The van der Waals surface area contributed by atoms with E-state index in [2.05, 4.69) is 10.6 Å². The van der Waals surface area contributed by atoms with Crippen LogP contribution in [0.1, 0.15) is 21.5 Å². The predicted molar refractivity (Wildman–Crippen MR) is 114 cm³/mol. The summed E-state index contributed by atoms with van der Waals surface area (Å²) >= 11 is 0. The number of nitro benzene ring substituents is 1. The Morgan fingerprint density at radius 1 is 0.935 bits per heavy atom. The van der Waals surface area contributed by atoms with Gasteiger partial charge in [0.1, 0.15) is 12.6 Å². The van der Waals surface area contributed by atoms with Crippen LogP contribution in [0.3, 0.4) is 0 Å². The first-order valence-corrected chi connectivity index (χ1v) is 9.66. The van der Waals surface area contributed by atoms with E-state index < -0.39 is 11.0 Å².